The maximum absolute atomic E-state index is 3.50. The predicted molar refractivity (Wildman–Crippen MR) is 73.8 cm³/mol. The molecule has 0 atom stereocenters. The quantitative estimate of drug-likeness (QED) is 0.650. The van der Waals surface area contributed by atoms with Crippen LogP contribution in [0.25, 0.3) is 16.0 Å². The van der Waals surface area contributed by atoms with E-state index in [1.807, 2.05) is 0 Å². The van der Waals surface area contributed by atoms with Gasteiger partial charge in [-0.1, -0.05) is 0 Å². The Morgan fingerprint density at radius 1 is 0.733 bits per heavy atom. The summed E-state index contributed by atoms with van der Waals surface area (Å²) in [5.74, 6) is 0. The normalized spacial score (nSPS) is 8.47. The Balaban J connectivity index is -0.0000000581. The van der Waals surface area contributed by atoms with Crippen LogP contribution in [0.2, 0.25) is 24.0 Å². The average molecular weight is 267 g/mol. The average Bonchev–Trinajstić information content (AvgIpc) is 2.07. The molecule has 0 saturated carbocycles. The Hall–Kier alpha value is 0.811. The monoisotopic (exact) mass is 267 g/mol. The van der Waals surface area contributed by atoms with E-state index in [1.165, 1.54) is 4.35 Å². The molecule has 0 aromatic heterocycles. The van der Waals surface area contributed by atoms with E-state index in [1.54, 1.807) is 42.3 Å². The van der Waals surface area contributed by atoms with Gasteiger partial charge in [0.2, 0.25) is 0 Å². The molecule has 0 rings (SSSR count). The van der Waals surface area contributed by atoms with E-state index in [0.717, 1.165) is 0 Å². The number of rotatable bonds is 1. The Morgan fingerprint density at radius 2 is 0.800 bits per heavy atom. The summed E-state index contributed by atoms with van der Waals surface area (Å²) in [6.07, 6.45) is 0. The summed E-state index contributed by atoms with van der Waals surface area (Å²) in [6, 6.07) is 0. The number of nitrogens with zero attached hydrogens (tertiary/aromatic N) is 3. The topological polar surface area (TPSA) is 42.3 Å². The van der Waals surface area contributed by atoms with Gasteiger partial charge in [-0.2, -0.15) is 42.3 Å². The summed E-state index contributed by atoms with van der Waals surface area (Å²) < 4.78 is 1.41. The zero-order valence-corrected chi connectivity index (χ0v) is 14.6. The fourth-order valence-corrected chi connectivity index (χ4v) is 0. The molecule has 0 aliphatic rings. The van der Waals surface area contributed by atoms with Crippen molar-refractivity contribution in [2.45, 2.75) is 24.0 Å². The molecule has 0 saturated heterocycles. The summed E-state index contributed by atoms with van der Waals surface area (Å²) in [4.78, 5) is 0. The van der Waals surface area contributed by atoms with Crippen molar-refractivity contribution in [2.24, 2.45) is 0 Å². The Labute approximate surface area is 111 Å². The van der Waals surface area contributed by atoms with Gasteiger partial charge in [-0.05, 0) is 0 Å². The van der Waals surface area contributed by atoms with E-state index in [-0.39, 0.29) is 0 Å². The molecule has 0 fully saturated rings. The van der Waals surface area contributed by atoms with E-state index < -0.39 is 8.07 Å². The van der Waals surface area contributed by atoms with Crippen molar-refractivity contribution in [3.8, 4) is 0 Å². The first kappa shape index (κ1) is 24.9. The fourth-order valence-electron chi connectivity index (χ4n) is 0. The molecule has 15 heavy (non-hydrogen) atoms. The molecule has 0 aliphatic heterocycles. The van der Waals surface area contributed by atoms with Crippen LogP contribution in [-0.2, 0) is 20.4 Å². The molecule has 3 nitrogen and oxygen atoms in total. The second-order valence-electron chi connectivity index (χ2n) is 4.08. The van der Waals surface area contributed by atoms with Crippen LogP contribution < -0.4 is 0 Å². The van der Waals surface area contributed by atoms with Gasteiger partial charge in [0.05, 0.1) is 0 Å². The first-order valence-corrected chi connectivity index (χ1v) is 9.70. The van der Waals surface area contributed by atoms with Gasteiger partial charge >= 0.3 is 52.5 Å². The molecule has 0 heterocycles. The van der Waals surface area contributed by atoms with E-state index in [4.69, 9.17) is 0 Å². The summed E-state index contributed by atoms with van der Waals surface area (Å²) in [7, 11) is 9.87. The van der Waals surface area contributed by atoms with Crippen LogP contribution in [0.3, 0.4) is 0 Å². The fraction of sp³-hybridized carbons (Fsp3) is 1.00. The molecule has 0 amide bonds. The molecular weight excluding hydrogens is 238 g/mol. The second-order valence-corrected chi connectivity index (χ2v) is 11.2. The van der Waals surface area contributed by atoms with Gasteiger partial charge < -0.3 is 16.0 Å². The first-order chi connectivity index (χ1) is 6.80. The summed E-state index contributed by atoms with van der Waals surface area (Å²) in [5, 5.41) is 10.5. The molecule has 0 aliphatic carbocycles. The van der Waals surface area contributed by atoms with E-state index in [9.17, 15) is 0 Å². The third kappa shape index (κ3) is 167. The molecule has 5 heteroatoms. The van der Waals surface area contributed by atoms with Crippen LogP contribution in [0.5, 0.6) is 0 Å². The van der Waals surface area contributed by atoms with Crippen molar-refractivity contribution >= 4 is 8.07 Å². The van der Waals surface area contributed by atoms with Crippen molar-refractivity contribution in [3.63, 3.8) is 0 Å². The molecule has 92 valence electrons. The molecule has 0 aromatic rings. The minimum absolute atomic E-state index is 0.631. The van der Waals surface area contributed by atoms with Gasteiger partial charge in [0.15, 0.2) is 0 Å². The number of hydrogen-bond donors (Lipinski definition) is 0. The van der Waals surface area contributed by atoms with Crippen molar-refractivity contribution < 1.29 is 20.4 Å². The summed E-state index contributed by atoms with van der Waals surface area (Å²) >= 11 is 2.27. The van der Waals surface area contributed by atoms with Crippen LogP contribution in [0.1, 0.15) is 0 Å². The zero-order valence-electron chi connectivity index (χ0n) is 12.0. The third-order valence-electron chi connectivity index (χ3n) is 0.530. The second kappa shape index (κ2) is 24.2. The summed E-state index contributed by atoms with van der Waals surface area (Å²) in [5.41, 5.74) is 0. The number of hydrogen-bond acceptors (Lipinski definition) is 0. The third-order valence-corrected chi connectivity index (χ3v) is 6.56. The van der Waals surface area contributed by atoms with Gasteiger partial charge in [0, 0.05) is 0 Å². The van der Waals surface area contributed by atoms with E-state index in [2.05, 4.69) is 56.0 Å². The van der Waals surface area contributed by atoms with Crippen LogP contribution in [0, 0.1) is 0 Å². The van der Waals surface area contributed by atoms with E-state index >= 15 is 0 Å². The van der Waals surface area contributed by atoms with Gasteiger partial charge in [-0.3, -0.25) is 0 Å². The molecule has 0 N–H and O–H groups in total. The van der Waals surface area contributed by atoms with Gasteiger partial charge in [0.25, 0.3) is 0 Å². The van der Waals surface area contributed by atoms with Gasteiger partial charge in [0.1, 0.15) is 0 Å². The Bertz CT molecular complexity index is 72.8. The predicted octanol–water partition coefficient (Wildman–Crippen LogP) is 3.69. The van der Waals surface area contributed by atoms with E-state index in [0.29, 0.717) is 0 Å². The molecule has 0 spiro atoms. The molecule has 0 radical (unpaired) electrons. The van der Waals surface area contributed by atoms with Crippen molar-refractivity contribution in [3.05, 3.63) is 16.0 Å². The van der Waals surface area contributed by atoms with Crippen molar-refractivity contribution in [1.29, 1.82) is 0 Å². The molecule has 0 unspecified atom stereocenters. The minimum atomic E-state index is -0.631. The van der Waals surface area contributed by atoms with Crippen LogP contribution in [-0.4, -0.2) is 50.4 Å². The maximum atomic E-state index is 3.50. The van der Waals surface area contributed by atoms with Crippen LogP contribution in [0.4, 0.5) is 0 Å². The van der Waals surface area contributed by atoms with Gasteiger partial charge in [-0.25, -0.2) is 0 Å². The van der Waals surface area contributed by atoms with Crippen LogP contribution in [0.15, 0.2) is 0 Å². The van der Waals surface area contributed by atoms with Crippen LogP contribution >= 0.6 is 0 Å². The van der Waals surface area contributed by atoms with Crippen molar-refractivity contribution in [1.82, 2.24) is 0 Å². The summed E-state index contributed by atoms with van der Waals surface area (Å²) in [6.45, 7) is 7.15. The van der Waals surface area contributed by atoms with Gasteiger partial charge in [-0.15, -0.1) is 0 Å². The molecular formula is C10H29N3SiTi. The SMILES string of the molecule is C[N-]C.C[N-]C.C[N-]C.C[Si](C)(C)[CH2][Ti+3]. The first-order valence-electron chi connectivity index (χ1n) is 4.89. The Morgan fingerprint density at radius 3 is 0.800 bits per heavy atom. The Kier molecular flexibility index (Phi) is 40.1. The zero-order chi connectivity index (χ0) is 13.3. The standard InChI is InChI=1S/C4H11Si.3C2H6N.Ti/c1-5(2,3)4;3*1-3-2;/h1H2,2-4H3;3*1-2H3;/q;3*-1;+3. The van der Waals surface area contributed by atoms with Crippen molar-refractivity contribution in [2.75, 3.05) is 42.3 Å². The molecule has 0 aromatic carbocycles. The molecule has 0 bridgehead atoms.